The van der Waals surface area contributed by atoms with Gasteiger partial charge in [-0.05, 0) is 12.8 Å². The maximum atomic E-state index is 13.0. The number of hydrogen-bond donors (Lipinski definition) is 4. The Morgan fingerprint density at radius 3 is 2.79 bits per heavy atom. The first-order valence-corrected chi connectivity index (χ1v) is 4.40. The fourth-order valence-electron chi connectivity index (χ4n) is 0.898. The van der Waals surface area contributed by atoms with E-state index < -0.39 is 18.2 Å². The smallest absolute Gasteiger partial charge is 0.320 e. The van der Waals surface area contributed by atoms with Gasteiger partial charge in [0, 0.05) is 19.3 Å². The van der Waals surface area contributed by atoms with Gasteiger partial charge in [-0.25, -0.2) is 4.39 Å². The van der Waals surface area contributed by atoms with Gasteiger partial charge in [0.05, 0.1) is 0 Å². The molecule has 0 radical (unpaired) electrons. The van der Waals surface area contributed by atoms with E-state index in [1.54, 1.807) is 0 Å². The summed E-state index contributed by atoms with van der Waals surface area (Å²) in [4.78, 5) is 10.3. The van der Waals surface area contributed by atoms with Crippen molar-refractivity contribution in [1.82, 2.24) is 5.32 Å². The first-order valence-electron chi connectivity index (χ1n) is 4.40. The molecule has 14 heavy (non-hydrogen) atoms. The summed E-state index contributed by atoms with van der Waals surface area (Å²) in [5.74, 6) is -1.11. The van der Waals surface area contributed by atoms with Crippen LogP contribution in [-0.4, -0.2) is 42.6 Å². The van der Waals surface area contributed by atoms with Crippen molar-refractivity contribution in [2.75, 3.05) is 13.1 Å². The molecule has 0 aliphatic carbocycles. The summed E-state index contributed by atoms with van der Waals surface area (Å²) < 4.78 is 13.0. The predicted octanol–water partition coefficient (Wildman–Crippen LogP) is -0.244. The highest BCUT2D eigenvalue weighted by Gasteiger charge is 2.14. The molecule has 0 amide bonds. The van der Waals surface area contributed by atoms with Gasteiger partial charge in [-0.3, -0.25) is 4.79 Å². The zero-order valence-corrected chi connectivity index (χ0v) is 7.87. The van der Waals surface area contributed by atoms with Gasteiger partial charge in [-0.15, -0.1) is 0 Å². The summed E-state index contributed by atoms with van der Waals surface area (Å²) in [6.07, 6.45) is 0.275. The number of rotatable bonds is 8. The minimum Gasteiger partial charge on any atom is -0.480 e. The maximum absolute atomic E-state index is 13.0. The lowest BCUT2D eigenvalue weighted by atomic mass is 10.1. The minimum absolute atomic E-state index is 0.123. The second-order valence-corrected chi connectivity index (χ2v) is 2.98. The van der Waals surface area contributed by atoms with E-state index in [1.807, 2.05) is 0 Å². The van der Waals surface area contributed by atoms with Crippen molar-refractivity contribution in [3.05, 3.63) is 0 Å². The number of carboxylic acid groups (broad SMARTS) is 1. The van der Waals surface area contributed by atoms with Crippen molar-refractivity contribution in [3.63, 3.8) is 0 Å². The Morgan fingerprint density at radius 1 is 1.64 bits per heavy atom. The van der Waals surface area contributed by atoms with E-state index in [0.29, 0.717) is 6.54 Å². The van der Waals surface area contributed by atoms with E-state index in [1.165, 1.54) is 0 Å². The topological polar surface area (TPSA) is 99.2 Å². The number of aliphatic carboxylic acids is 1. The van der Waals surface area contributed by atoms with Crippen LogP contribution in [0.25, 0.3) is 0 Å². The molecule has 0 rings (SSSR count). The molecule has 5 nitrogen and oxygen atoms in total. The van der Waals surface area contributed by atoms with Crippen molar-refractivity contribution in [1.29, 1.82) is 5.41 Å². The summed E-state index contributed by atoms with van der Waals surface area (Å²) in [6, 6.07) is -0.990. The highest BCUT2D eigenvalue weighted by atomic mass is 19.1. The molecule has 0 heterocycles. The van der Waals surface area contributed by atoms with E-state index in [0.717, 1.165) is 6.21 Å². The molecule has 0 aromatic heterocycles. The van der Waals surface area contributed by atoms with Crippen LogP contribution in [-0.2, 0) is 4.79 Å². The van der Waals surface area contributed by atoms with Gasteiger partial charge in [-0.1, -0.05) is 0 Å². The molecule has 0 fully saturated rings. The van der Waals surface area contributed by atoms with Gasteiger partial charge in [0.15, 0.2) is 0 Å². The van der Waals surface area contributed by atoms with Gasteiger partial charge >= 0.3 is 5.97 Å². The van der Waals surface area contributed by atoms with Crippen LogP contribution in [0.15, 0.2) is 0 Å². The lowest BCUT2D eigenvalue weighted by molar-refractivity contribution is -0.138. The fraction of sp³-hybridized carbons (Fsp3) is 0.750. The molecule has 0 aromatic rings. The standard InChI is InChI=1S/C8H16FN3O2/c9-6(5-12-4-3-10)1-2-7(11)8(13)14/h3,6-7,10,12H,1-2,4-5,11H2,(H,13,14)/t6?,7-/m0/s1. The molecule has 82 valence electrons. The Labute approximate surface area is 82.0 Å². The summed E-state index contributed by atoms with van der Waals surface area (Å²) in [6.45, 7) is 0.452. The zero-order chi connectivity index (χ0) is 11.0. The van der Waals surface area contributed by atoms with E-state index in [9.17, 15) is 9.18 Å². The van der Waals surface area contributed by atoms with Gasteiger partial charge in [0.2, 0.25) is 0 Å². The third-order valence-corrected chi connectivity index (χ3v) is 1.72. The SMILES string of the molecule is N=CCNCC(F)CC[C@H](N)C(=O)O. The van der Waals surface area contributed by atoms with Crippen LogP contribution in [0.4, 0.5) is 4.39 Å². The van der Waals surface area contributed by atoms with Crippen LogP contribution >= 0.6 is 0 Å². The molecular formula is C8H16FN3O2. The van der Waals surface area contributed by atoms with Crippen LogP contribution < -0.4 is 11.1 Å². The summed E-state index contributed by atoms with van der Waals surface area (Å²) >= 11 is 0. The van der Waals surface area contributed by atoms with Crippen molar-refractivity contribution < 1.29 is 14.3 Å². The van der Waals surface area contributed by atoms with Crippen LogP contribution in [0, 0.1) is 5.41 Å². The van der Waals surface area contributed by atoms with Gasteiger partial charge in [-0.2, -0.15) is 0 Å². The number of hydrogen-bond acceptors (Lipinski definition) is 4. The third kappa shape index (κ3) is 6.50. The summed E-state index contributed by atoms with van der Waals surface area (Å²) in [5, 5.41) is 17.8. The number of nitrogens with one attached hydrogen (secondary N) is 2. The predicted molar refractivity (Wildman–Crippen MR) is 51.4 cm³/mol. The molecule has 0 saturated carbocycles. The monoisotopic (exact) mass is 205 g/mol. The average Bonchev–Trinajstić information content (AvgIpc) is 2.14. The van der Waals surface area contributed by atoms with E-state index in [4.69, 9.17) is 16.2 Å². The van der Waals surface area contributed by atoms with Crippen molar-refractivity contribution in [2.24, 2.45) is 5.73 Å². The highest BCUT2D eigenvalue weighted by Crippen LogP contribution is 2.03. The second-order valence-electron chi connectivity index (χ2n) is 2.98. The Morgan fingerprint density at radius 2 is 2.29 bits per heavy atom. The Balaban J connectivity index is 3.47. The average molecular weight is 205 g/mol. The molecule has 5 N–H and O–H groups in total. The van der Waals surface area contributed by atoms with Crippen LogP contribution in [0.2, 0.25) is 0 Å². The van der Waals surface area contributed by atoms with E-state index in [2.05, 4.69) is 5.32 Å². The quantitative estimate of drug-likeness (QED) is 0.324. The maximum Gasteiger partial charge on any atom is 0.320 e. The van der Waals surface area contributed by atoms with Gasteiger partial charge < -0.3 is 21.6 Å². The van der Waals surface area contributed by atoms with Crippen LogP contribution in [0.5, 0.6) is 0 Å². The molecule has 0 spiro atoms. The Bertz CT molecular complexity index is 189. The molecule has 6 heteroatoms. The zero-order valence-electron chi connectivity index (χ0n) is 7.87. The minimum atomic E-state index is -1.11. The highest BCUT2D eigenvalue weighted by molar-refractivity contribution is 5.72. The number of halogens is 1. The molecule has 0 bridgehead atoms. The van der Waals surface area contributed by atoms with Crippen molar-refractivity contribution in [2.45, 2.75) is 25.1 Å². The van der Waals surface area contributed by atoms with Gasteiger partial charge in [0.25, 0.3) is 0 Å². The number of carbonyl (C=O) groups is 1. The van der Waals surface area contributed by atoms with Crippen molar-refractivity contribution in [3.8, 4) is 0 Å². The first-order chi connectivity index (χ1) is 6.57. The number of nitrogens with two attached hydrogens (primary N) is 1. The second kappa shape index (κ2) is 7.40. The molecule has 0 aliphatic rings. The first kappa shape index (κ1) is 13.0. The van der Waals surface area contributed by atoms with E-state index in [-0.39, 0.29) is 19.4 Å². The van der Waals surface area contributed by atoms with Crippen LogP contribution in [0.3, 0.4) is 0 Å². The Kier molecular flexibility index (Phi) is 6.87. The Hall–Kier alpha value is -1.01. The number of carboxylic acids is 1. The molecule has 1 unspecified atom stereocenters. The molecule has 0 saturated heterocycles. The molecule has 0 aliphatic heterocycles. The fourth-order valence-corrected chi connectivity index (χ4v) is 0.898. The normalized spacial score (nSPS) is 14.7. The molecule has 2 atom stereocenters. The summed E-state index contributed by atoms with van der Waals surface area (Å²) in [7, 11) is 0. The lowest BCUT2D eigenvalue weighted by Gasteiger charge is -2.10. The third-order valence-electron chi connectivity index (χ3n) is 1.72. The molecular weight excluding hydrogens is 189 g/mol. The van der Waals surface area contributed by atoms with E-state index >= 15 is 0 Å². The number of alkyl halides is 1. The molecule has 0 aromatic carbocycles. The lowest BCUT2D eigenvalue weighted by Crippen LogP contribution is -2.32. The largest absolute Gasteiger partial charge is 0.480 e. The summed E-state index contributed by atoms with van der Waals surface area (Å²) in [5.41, 5.74) is 5.20. The van der Waals surface area contributed by atoms with Gasteiger partial charge in [0.1, 0.15) is 12.2 Å². The van der Waals surface area contributed by atoms with Crippen LogP contribution in [0.1, 0.15) is 12.8 Å². The van der Waals surface area contributed by atoms with Crippen molar-refractivity contribution >= 4 is 12.2 Å².